The standard InChI is InChI=1S/C24H38N6/c1-5-25-24(27-16-23-26-11-14-30(23)17-19(2)3)28-22-9-12-29(13-10-22)18-21-8-6-7-20(4)15-21/h6-8,11,14-15,19,22H,5,9-10,12-13,16-18H2,1-4H3,(H2,25,27,28). The molecule has 1 aliphatic rings. The Labute approximate surface area is 181 Å². The maximum atomic E-state index is 4.81. The van der Waals surface area contributed by atoms with E-state index in [4.69, 9.17) is 4.99 Å². The minimum Gasteiger partial charge on any atom is -0.357 e. The lowest BCUT2D eigenvalue weighted by Crippen LogP contribution is -2.48. The summed E-state index contributed by atoms with van der Waals surface area (Å²) >= 11 is 0. The monoisotopic (exact) mass is 410 g/mol. The van der Waals surface area contributed by atoms with Gasteiger partial charge in [0, 0.05) is 51.2 Å². The molecule has 0 aliphatic carbocycles. The molecular weight excluding hydrogens is 372 g/mol. The Morgan fingerprint density at radius 1 is 1.27 bits per heavy atom. The number of aromatic nitrogens is 2. The summed E-state index contributed by atoms with van der Waals surface area (Å²) < 4.78 is 2.21. The van der Waals surface area contributed by atoms with Crippen molar-refractivity contribution < 1.29 is 0 Å². The summed E-state index contributed by atoms with van der Waals surface area (Å²) in [7, 11) is 0. The number of likely N-dealkylation sites (tertiary alicyclic amines) is 1. The summed E-state index contributed by atoms with van der Waals surface area (Å²) in [5.41, 5.74) is 2.75. The third-order valence-corrected chi connectivity index (χ3v) is 5.50. The maximum Gasteiger partial charge on any atom is 0.191 e. The molecule has 0 unspecified atom stereocenters. The molecule has 164 valence electrons. The van der Waals surface area contributed by atoms with Crippen LogP contribution in [0.5, 0.6) is 0 Å². The molecule has 0 atom stereocenters. The molecule has 2 N–H and O–H groups in total. The van der Waals surface area contributed by atoms with Crippen molar-refractivity contribution in [3.05, 3.63) is 53.6 Å². The zero-order chi connectivity index (χ0) is 21.3. The Balaban J connectivity index is 1.51. The van der Waals surface area contributed by atoms with E-state index >= 15 is 0 Å². The molecule has 2 aromatic rings. The van der Waals surface area contributed by atoms with E-state index in [0.29, 0.717) is 18.5 Å². The minimum absolute atomic E-state index is 0.465. The molecule has 3 rings (SSSR count). The van der Waals surface area contributed by atoms with Crippen LogP contribution in [0, 0.1) is 12.8 Å². The molecule has 1 saturated heterocycles. The third kappa shape index (κ3) is 6.87. The van der Waals surface area contributed by atoms with Gasteiger partial charge in [-0.25, -0.2) is 9.98 Å². The lowest BCUT2D eigenvalue weighted by Gasteiger charge is -2.33. The van der Waals surface area contributed by atoms with Crippen molar-refractivity contribution in [1.82, 2.24) is 25.1 Å². The van der Waals surface area contributed by atoms with Gasteiger partial charge in [0.05, 0.1) is 0 Å². The van der Waals surface area contributed by atoms with E-state index in [9.17, 15) is 0 Å². The molecule has 1 aromatic heterocycles. The zero-order valence-electron chi connectivity index (χ0n) is 19.1. The molecule has 0 saturated carbocycles. The van der Waals surface area contributed by atoms with Gasteiger partial charge in [0.2, 0.25) is 0 Å². The van der Waals surface area contributed by atoms with Crippen LogP contribution in [0.2, 0.25) is 0 Å². The van der Waals surface area contributed by atoms with E-state index in [2.05, 4.69) is 83.2 Å². The fraction of sp³-hybridized carbons (Fsp3) is 0.583. The van der Waals surface area contributed by atoms with Gasteiger partial charge in [-0.1, -0.05) is 43.7 Å². The van der Waals surface area contributed by atoms with Crippen molar-refractivity contribution in [3.8, 4) is 0 Å². The average Bonchev–Trinajstić information content (AvgIpc) is 3.14. The molecule has 6 nitrogen and oxygen atoms in total. The number of hydrogen-bond acceptors (Lipinski definition) is 3. The third-order valence-electron chi connectivity index (χ3n) is 5.50. The number of nitrogens with zero attached hydrogens (tertiary/aromatic N) is 4. The Bertz CT molecular complexity index is 802. The molecule has 1 fully saturated rings. The first kappa shape index (κ1) is 22.3. The number of piperidine rings is 1. The van der Waals surface area contributed by atoms with Gasteiger partial charge in [-0.05, 0) is 38.2 Å². The van der Waals surface area contributed by atoms with Gasteiger partial charge in [0.25, 0.3) is 0 Å². The average molecular weight is 411 g/mol. The predicted octanol–water partition coefficient (Wildman–Crippen LogP) is 3.57. The van der Waals surface area contributed by atoms with Crippen LogP contribution in [0.15, 0.2) is 41.7 Å². The van der Waals surface area contributed by atoms with Gasteiger partial charge < -0.3 is 15.2 Å². The van der Waals surface area contributed by atoms with E-state index in [-0.39, 0.29) is 0 Å². The second-order valence-electron chi connectivity index (χ2n) is 8.77. The van der Waals surface area contributed by atoms with E-state index in [1.54, 1.807) is 0 Å². The van der Waals surface area contributed by atoms with Crippen LogP contribution >= 0.6 is 0 Å². The van der Waals surface area contributed by atoms with Crippen LogP contribution in [0.1, 0.15) is 50.6 Å². The zero-order valence-corrected chi connectivity index (χ0v) is 19.1. The molecule has 0 bridgehead atoms. The molecule has 0 amide bonds. The molecule has 1 aromatic carbocycles. The molecule has 2 heterocycles. The van der Waals surface area contributed by atoms with Gasteiger partial charge in [-0.2, -0.15) is 0 Å². The van der Waals surface area contributed by atoms with Crippen LogP contribution < -0.4 is 10.6 Å². The number of imidazole rings is 1. The van der Waals surface area contributed by atoms with Crippen molar-refractivity contribution >= 4 is 5.96 Å². The molecule has 1 aliphatic heterocycles. The quantitative estimate of drug-likeness (QED) is 0.516. The van der Waals surface area contributed by atoms with Crippen LogP contribution in [-0.4, -0.2) is 46.1 Å². The van der Waals surface area contributed by atoms with Crippen LogP contribution in [0.4, 0.5) is 0 Å². The number of rotatable bonds is 8. The summed E-state index contributed by atoms with van der Waals surface area (Å²) in [6.45, 7) is 14.4. The van der Waals surface area contributed by atoms with Crippen molar-refractivity contribution in [2.24, 2.45) is 10.9 Å². The molecule has 30 heavy (non-hydrogen) atoms. The van der Waals surface area contributed by atoms with E-state index in [1.165, 1.54) is 11.1 Å². The Hall–Kier alpha value is -2.34. The fourth-order valence-electron chi connectivity index (χ4n) is 4.02. The highest BCUT2D eigenvalue weighted by Crippen LogP contribution is 2.15. The number of benzene rings is 1. The Morgan fingerprint density at radius 2 is 2.07 bits per heavy atom. The normalized spacial score (nSPS) is 16.2. The smallest absolute Gasteiger partial charge is 0.191 e. The first-order valence-corrected chi connectivity index (χ1v) is 11.4. The summed E-state index contributed by atoms with van der Waals surface area (Å²) in [5.74, 6) is 2.51. The minimum atomic E-state index is 0.465. The summed E-state index contributed by atoms with van der Waals surface area (Å²) in [4.78, 5) is 11.9. The topological polar surface area (TPSA) is 57.5 Å². The van der Waals surface area contributed by atoms with E-state index in [0.717, 1.165) is 57.3 Å². The molecule has 0 spiro atoms. The van der Waals surface area contributed by atoms with Crippen LogP contribution in [-0.2, 0) is 19.6 Å². The SMILES string of the molecule is CCNC(=NCc1nccn1CC(C)C)NC1CCN(Cc2cccc(C)c2)CC1. The fourth-order valence-corrected chi connectivity index (χ4v) is 4.02. The van der Waals surface area contributed by atoms with Crippen molar-refractivity contribution in [1.29, 1.82) is 0 Å². The summed E-state index contributed by atoms with van der Waals surface area (Å²) in [5, 5.41) is 7.05. The van der Waals surface area contributed by atoms with Crippen LogP contribution in [0.25, 0.3) is 0 Å². The maximum absolute atomic E-state index is 4.81. The second-order valence-corrected chi connectivity index (χ2v) is 8.77. The second kappa shape index (κ2) is 11.2. The molecule has 6 heteroatoms. The van der Waals surface area contributed by atoms with E-state index in [1.807, 2.05) is 6.20 Å². The molecule has 0 radical (unpaired) electrons. The molecular formula is C24H38N6. The highest BCUT2D eigenvalue weighted by molar-refractivity contribution is 5.80. The summed E-state index contributed by atoms with van der Waals surface area (Å²) in [6, 6.07) is 9.31. The highest BCUT2D eigenvalue weighted by atomic mass is 15.2. The number of aryl methyl sites for hydroxylation is 1. The van der Waals surface area contributed by atoms with Gasteiger partial charge in [-0.3, -0.25) is 4.90 Å². The Morgan fingerprint density at radius 3 is 2.77 bits per heavy atom. The summed E-state index contributed by atoms with van der Waals surface area (Å²) in [6.07, 6.45) is 6.20. The first-order valence-electron chi connectivity index (χ1n) is 11.4. The first-order chi connectivity index (χ1) is 14.5. The largest absolute Gasteiger partial charge is 0.357 e. The van der Waals surface area contributed by atoms with Crippen molar-refractivity contribution in [2.75, 3.05) is 19.6 Å². The van der Waals surface area contributed by atoms with Crippen molar-refractivity contribution in [2.45, 2.75) is 66.2 Å². The Kier molecular flexibility index (Phi) is 8.31. The van der Waals surface area contributed by atoms with E-state index < -0.39 is 0 Å². The van der Waals surface area contributed by atoms with Gasteiger partial charge in [0.1, 0.15) is 12.4 Å². The van der Waals surface area contributed by atoms with Gasteiger partial charge >= 0.3 is 0 Å². The number of guanidine groups is 1. The number of aliphatic imine (C=N–C) groups is 1. The van der Waals surface area contributed by atoms with Gasteiger partial charge in [0.15, 0.2) is 5.96 Å². The van der Waals surface area contributed by atoms with Crippen molar-refractivity contribution in [3.63, 3.8) is 0 Å². The lowest BCUT2D eigenvalue weighted by molar-refractivity contribution is 0.198. The van der Waals surface area contributed by atoms with Crippen LogP contribution in [0.3, 0.4) is 0 Å². The lowest BCUT2D eigenvalue weighted by atomic mass is 10.0. The number of hydrogen-bond donors (Lipinski definition) is 2. The predicted molar refractivity (Wildman–Crippen MR) is 124 cm³/mol. The number of nitrogens with one attached hydrogen (secondary N) is 2. The van der Waals surface area contributed by atoms with Gasteiger partial charge in [-0.15, -0.1) is 0 Å². The highest BCUT2D eigenvalue weighted by Gasteiger charge is 2.20.